The van der Waals surface area contributed by atoms with Gasteiger partial charge in [0.25, 0.3) is 5.56 Å². The van der Waals surface area contributed by atoms with Crippen LogP contribution in [-0.2, 0) is 22.6 Å². The number of carbonyl (C=O) groups is 1. The van der Waals surface area contributed by atoms with Gasteiger partial charge in [-0.2, -0.15) is 0 Å². The van der Waals surface area contributed by atoms with Crippen molar-refractivity contribution in [1.82, 2.24) is 9.13 Å². The molecule has 1 N–H and O–H groups in total. The molecular formula is C19H15Cl3N2O5. The number of nitrogens with zero attached hydrogens (tertiary/aromatic N) is 2. The van der Waals surface area contributed by atoms with Gasteiger partial charge in [-0.3, -0.25) is 14.2 Å². The Labute approximate surface area is 179 Å². The molecule has 0 saturated heterocycles. The van der Waals surface area contributed by atoms with Crippen LogP contribution in [0.5, 0.6) is 0 Å². The third kappa shape index (κ3) is 4.64. The molecule has 10 heteroatoms. The van der Waals surface area contributed by atoms with Crippen molar-refractivity contribution < 1.29 is 14.6 Å². The number of aliphatic hydroxyl groups excluding tert-OH is 1. The third-order valence-electron chi connectivity index (χ3n) is 4.12. The molecule has 7 nitrogen and oxygen atoms in total. The lowest BCUT2D eigenvalue weighted by atomic mass is 10.2. The minimum Gasteiger partial charge on any atom is -0.435 e. The summed E-state index contributed by atoms with van der Waals surface area (Å²) in [5.74, 6) is -0.934. The van der Waals surface area contributed by atoms with Gasteiger partial charge in [-0.1, -0.05) is 40.9 Å². The Kier molecular flexibility index (Phi) is 6.33. The molecule has 1 atom stereocenters. The average Bonchev–Trinajstić information content (AvgIpc) is 2.63. The number of aromatic nitrogens is 2. The number of ether oxygens (including phenoxy) is 1. The fourth-order valence-corrected chi connectivity index (χ4v) is 3.51. The normalized spacial score (nSPS) is 12.2. The van der Waals surface area contributed by atoms with E-state index < -0.39 is 30.1 Å². The van der Waals surface area contributed by atoms with Gasteiger partial charge >= 0.3 is 11.7 Å². The molecule has 29 heavy (non-hydrogen) atoms. The molecule has 1 aromatic heterocycles. The number of hydrogen-bond donors (Lipinski definition) is 1. The molecule has 0 aliphatic carbocycles. The first-order chi connectivity index (χ1) is 13.7. The highest BCUT2D eigenvalue weighted by molar-refractivity contribution is 6.35. The van der Waals surface area contributed by atoms with E-state index in [0.717, 1.165) is 4.57 Å². The van der Waals surface area contributed by atoms with Gasteiger partial charge in [0.1, 0.15) is 6.54 Å². The van der Waals surface area contributed by atoms with Crippen LogP contribution in [0.1, 0.15) is 12.5 Å². The molecule has 2 aromatic carbocycles. The average molecular weight is 458 g/mol. The van der Waals surface area contributed by atoms with Crippen molar-refractivity contribution in [2.24, 2.45) is 0 Å². The molecule has 0 amide bonds. The lowest BCUT2D eigenvalue weighted by molar-refractivity contribution is -0.165. The standard InChI is InChI=1S/C19H15Cl3N2O5/c1-10(25)29-17(26)9-24-18(27)14-6-12(20)4-5-16(14)23(19(24)28)8-11-2-3-13(21)7-15(11)22/h2-7,10,25H,8-9H2,1H3. The lowest BCUT2D eigenvalue weighted by Gasteiger charge is -2.15. The number of rotatable bonds is 5. The Hall–Kier alpha value is -2.32. The van der Waals surface area contributed by atoms with E-state index >= 15 is 0 Å². The summed E-state index contributed by atoms with van der Waals surface area (Å²) >= 11 is 18.2. The van der Waals surface area contributed by atoms with Crippen molar-refractivity contribution in [2.75, 3.05) is 0 Å². The van der Waals surface area contributed by atoms with Gasteiger partial charge in [0, 0.05) is 15.1 Å². The van der Waals surface area contributed by atoms with Gasteiger partial charge < -0.3 is 9.84 Å². The van der Waals surface area contributed by atoms with E-state index in [0.29, 0.717) is 26.1 Å². The minimum absolute atomic E-state index is 0.0265. The van der Waals surface area contributed by atoms with E-state index in [1.165, 1.54) is 17.6 Å². The summed E-state index contributed by atoms with van der Waals surface area (Å²) in [6.45, 7) is 0.597. The van der Waals surface area contributed by atoms with Crippen molar-refractivity contribution in [3.05, 3.63) is 77.9 Å². The second-order valence-electron chi connectivity index (χ2n) is 6.25. The van der Waals surface area contributed by atoms with Gasteiger partial charge in [0.15, 0.2) is 6.29 Å². The van der Waals surface area contributed by atoms with Gasteiger partial charge in [0.2, 0.25) is 0 Å². The predicted octanol–water partition coefficient (Wildman–Crippen LogP) is 3.05. The molecular weight excluding hydrogens is 443 g/mol. The van der Waals surface area contributed by atoms with E-state index in [1.807, 2.05) is 0 Å². The van der Waals surface area contributed by atoms with Gasteiger partial charge in [0.05, 0.1) is 17.4 Å². The van der Waals surface area contributed by atoms with Crippen LogP contribution in [0.4, 0.5) is 0 Å². The quantitative estimate of drug-likeness (QED) is 0.470. The fraction of sp³-hybridized carbons (Fsp3) is 0.211. The lowest BCUT2D eigenvalue weighted by Crippen LogP contribution is -2.42. The van der Waals surface area contributed by atoms with Crippen LogP contribution < -0.4 is 11.2 Å². The number of benzene rings is 2. The first kappa shape index (κ1) is 21.4. The SMILES string of the molecule is CC(O)OC(=O)Cn1c(=O)c2cc(Cl)ccc2n(Cc2ccc(Cl)cc2Cl)c1=O. The van der Waals surface area contributed by atoms with Crippen LogP contribution in [0.2, 0.25) is 15.1 Å². The monoisotopic (exact) mass is 456 g/mol. The Morgan fingerprint density at radius 2 is 1.72 bits per heavy atom. The van der Waals surface area contributed by atoms with Gasteiger partial charge in [-0.25, -0.2) is 9.36 Å². The molecule has 0 bridgehead atoms. The Morgan fingerprint density at radius 1 is 1.07 bits per heavy atom. The van der Waals surface area contributed by atoms with Crippen molar-refractivity contribution in [3.8, 4) is 0 Å². The zero-order chi connectivity index (χ0) is 21.3. The van der Waals surface area contributed by atoms with E-state index in [4.69, 9.17) is 34.8 Å². The molecule has 1 heterocycles. The highest BCUT2D eigenvalue weighted by Crippen LogP contribution is 2.23. The van der Waals surface area contributed by atoms with Crippen LogP contribution in [0.25, 0.3) is 10.9 Å². The first-order valence-electron chi connectivity index (χ1n) is 8.41. The summed E-state index contributed by atoms with van der Waals surface area (Å²) in [6.07, 6.45) is -1.37. The van der Waals surface area contributed by atoms with Crippen LogP contribution in [0.3, 0.4) is 0 Å². The largest absolute Gasteiger partial charge is 0.435 e. The highest BCUT2D eigenvalue weighted by Gasteiger charge is 2.18. The minimum atomic E-state index is -1.37. The third-order valence-corrected chi connectivity index (χ3v) is 4.94. The molecule has 0 aliphatic heterocycles. The number of carbonyl (C=O) groups excluding carboxylic acids is 1. The summed E-state index contributed by atoms with van der Waals surface area (Å²) in [4.78, 5) is 37.8. The van der Waals surface area contributed by atoms with E-state index in [-0.39, 0.29) is 11.9 Å². The summed E-state index contributed by atoms with van der Waals surface area (Å²) in [7, 11) is 0. The van der Waals surface area contributed by atoms with Crippen molar-refractivity contribution in [2.45, 2.75) is 26.3 Å². The Morgan fingerprint density at radius 3 is 2.38 bits per heavy atom. The highest BCUT2D eigenvalue weighted by atomic mass is 35.5. The zero-order valence-electron chi connectivity index (χ0n) is 15.1. The van der Waals surface area contributed by atoms with Crippen LogP contribution in [0, 0.1) is 0 Å². The Balaban J connectivity index is 2.21. The first-order valence-corrected chi connectivity index (χ1v) is 9.55. The number of fused-ring (bicyclic) bond motifs is 1. The molecule has 152 valence electrons. The van der Waals surface area contributed by atoms with Gasteiger partial charge in [-0.15, -0.1) is 0 Å². The van der Waals surface area contributed by atoms with E-state index in [1.54, 1.807) is 30.3 Å². The topological polar surface area (TPSA) is 90.5 Å². The molecule has 0 radical (unpaired) electrons. The molecule has 3 rings (SSSR count). The number of esters is 1. The molecule has 0 spiro atoms. The smallest absolute Gasteiger partial charge is 0.332 e. The molecule has 0 fully saturated rings. The number of halogens is 3. The summed E-state index contributed by atoms with van der Waals surface area (Å²) in [5, 5.41) is 10.4. The van der Waals surface area contributed by atoms with Crippen molar-refractivity contribution in [1.29, 1.82) is 0 Å². The maximum Gasteiger partial charge on any atom is 0.332 e. The Bertz CT molecular complexity index is 1220. The zero-order valence-corrected chi connectivity index (χ0v) is 17.3. The van der Waals surface area contributed by atoms with Crippen molar-refractivity contribution >= 4 is 51.7 Å². The second-order valence-corrected chi connectivity index (χ2v) is 7.53. The molecule has 1 unspecified atom stereocenters. The maximum absolute atomic E-state index is 13.0. The predicted molar refractivity (Wildman–Crippen MR) is 111 cm³/mol. The summed E-state index contributed by atoms with van der Waals surface area (Å²) < 4.78 is 6.67. The van der Waals surface area contributed by atoms with Gasteiger partial charge in [-0.05, 0) is 42.8 Å². The van der Waals surface area contributed by atoms with Crippen molar-refractivity contribution in [3.63, 3.8) is 0 Å². The second kappa shape index (κ2) is 8.59. The van der Waals surface area contributed by atoms with Crippen LogP contribution >= 0.6 is 34.8 Å². The molecule has 3 aromatic rings. The number of hydrogen-bond acceptors (Lipinski definition) is 5. The summed E-state index contributed by atoms with van der Waals surface area (Å²) in [6, 6.07) is 9.34. The van der Waals surface area contributed by atoms with Crippen LogP contribution in [-0.4, -0.2) is 26.5 Å². The fourth-order valence-electron chi connectivity index (χ4n) is 2.87. The van der Waals surface area contributed by atoms with Crippen LogP contribution in [0.15, 0.2) is 46.0 Å². The maximum atomic E-state index is 13.0. The number of aliphatic hydroxyl groups is 1. The molecule has 0 saturated carbocycles. The molecule has 0 aliphatic rings. The summed E-state index contributed by atoms with van der Waals surface area (Å²) in [5.41, 5.74) is -0.520. The van der Waals surface area contributed by atoms with E-state index in [9.17, 15) is 19.5 Å². The van der Waals surface area contributed by atoms with E-state index in [2.05, 4.69) is 4.74 Å².